The van der Waals surface area contributed by atoms with E-state index in [0.29, 0.717) is 48.3 Å². The third kappa shape index (κ3) is 4.14. The number of carbonyl (C=O) groups is 1. The Kier molecular flexibility index (Phi) is 6.11. The average molecular weight is 390 g/mol. The summed E-state index contributed by atoms with van der Waals surface area (Å²) in [7, 11) is -3.61. The maximum absolute atomic E-state index is 13.2. The molecule has 0 unspecified atom stereocenters. The summed E-state index contributed by atoms with van der Waals surface area (Å²) >= 11 is 0. The molecule has 1 aromatic heterocycles. The van der Waals surface area contributed by atoms with Crippen molar-refractivity contribution < 1.29 is 13.2 Å². The predicted molar refractivity (Wildman–Crippen MR) is 106 cm³/mol. The van der Waals surface area contributed by atoms with Gasteiger partial charge in [0.15, 0.2) is 0 Å². The fourth-order valence-corrected chi connectivity index (χ4v) is 5.20. The van der Waals surface area contributed by atoms with Crippen LogP contribution in [0, 0.1) is 12.8 Å². The Hall–Kier alpha value is -1.99. The maximum atomic E-state index is 13.2. The lowest BCUT2D eigenvalue weighted by Crippen LogP contribution is -2.43. The first-order chi connectivity index (χ1) is 12.9. The van der Waals surface area contributed by atoms with Crippen molar-refractivity contribution in [3.05, 3.63) is 36.0 Å². The quantitative estimate of drug-likeness (QED) is 0.771. The van der Waals surface area contributed by atoms with Crippen LogP contribution in [0.15, 0.2) is 35.4 Å². The molecule has 0 bridgehead atoms. The first-order valence-corrected chi connectivity index (χ1v) is 11.0. The molecule has 0 atom stereocenters. The van der Waals surface area contributed by atoms with Crippen LogP contribution in [0.1, 0.15) is 38.2 Å². The minimum absolute atomic E-state index is 0.0467. The van der Waals surface area contributed by atoms with Crippen LogP contribution in [0.4, 0.5) is 0 Å². The summed E-state index contributed by atoms with van der Waals surface area (Å²) in [6.45, 7) is 5.43. The van der Waals surface area contributed by atoms with Gasteiger partial charge >= 0.3 is 0 Å². The molecule has 146 valence electrons. The van der Waals surface area contributed by atoms with Crippen molar-refractivity contribution in [2.75, 3.05) is 19.6 Å². The van der Waals surface area contributed by atoms with Crippen LogP contribution < -0.4 is 5.32 Å². The van der Waals surface area contributed by atoms with Gasteiger partial charge in [0, 0.05) is 37.1 Å². The average Bonchev–Trinajstić information content (AvgIpc) is 2.68. The van der Waals surface area contributed by atoms with E-state index in [2.05, 4.69) is 17.2 Å². The number of sulfonamides is 1. The maximum Gasteiger partial charge on any atom is 0.243 e. The van der Waals surface area contributed by atoms with Gasteiger partial charge in [0.2, 0.25) is 15.9 Å². The second kappa shape index (κ2) is 8.35. The summed E-state index contributed by atoms with van der Waals surface area (Å²) in [5.74, 6) is -0.0600. The van der Waals surface area contributed by atoms with Crippen molar-refractivity contribution in [2.24, 2.45) is 5.92 Å². The van der Waals surface area contributed by atoms with Gasteiger partial charge in [0.25, 0.3) is 0 Å². The van der Waals surface area contributed by atoms with Crippen LogP contribution in [0.25, 0.3) is 10.9 Å². The van der Waals surface area contributed by atoms with E-state index >= 15 is 0 Å². The van der Waals surface area contributed by atoms with Crippen LogP contribution in [-0.2, 0) is 14.8 Å². The first-order valence-electron chi connectivity index (χ1n) is 9.57. The Morgan fingerprint density at radius 2 is 2.00 bits per heavy atom. The zero-order valence-corrected chi connectivity index (χ0v) is 16.8. The molecule has 1 aliphatic rings. The molecule has 2 heterocycles. The molecule has 1 aliphatic heterocycles. The zero-order chi connectivity index (χ0) is 19.4. The number of piperidine rings is 1. The van der Waals surface area contributed by atoms with E-state index in [4.69, 9.17) is 0 Å². The Labute approximate surface area is 161 Å². The summed E-state index contributed by atoms with van der Waals surface area (Å²) in [6, 6.07) is 7.03. The highest BCUT2D eigenvalue weighted by Crippen LogP contribution is 2.29. The Morgan fingerprint density at radius 3 is 2.70 bits per heavy atom. The van der Waals surface area contributed by atoms with Crippen molar-refractivity contribution in [3.8, 4) is 0 Å². The number of hydrogen-bond acceptors (Lipinski definition) is 4. The highest BCUT2D eigenvalue weighted by molar-refractivity contribution is 7.89. The number of aromatic nitrogens is 1. The van der Waals surface area contributed by atoms with E-state index in [1.54, 1.807) is 30.5 Å². The number of hydrogen-bond donors (Lipinski definition) is 1. The standard InChI is InChI=1S/C20H27N3O3S/c1-3-4-11-22-20(24)16-9-13-23(14-10-16)27(25,26)18-8-7-15(2)19-17(18)6-5-12-21-19/h5-8,12,16H,3-4,9-11,13-14H2,1-2H3,(H,22,24). The van der Waals surface area contributed by atoms with Gasteiger partial charge < -0.3 is 5.32 Å². The molecular weight excluding hydrogens is 362 g/mol. The van der Waals surface area contributed by atoms with Crippen molar-refractivity contribution in [1.82, 2.24) is 14.6 Å². The molecular formula is C20H27N3O3S. The zero-order valence-electron chi connectivity index (χ0n) is 15.9. The highest BCUT2D eigenvalue weighted by Gasteiger charge is 2.33. The van der Waals surface area contributed by atoms with Gasteiger partial charge in [-0.05, 0) is 49.9 Å². The Morgan fingerprint density at radius 1 is 1.26 bits per heavy atom. The number of benzene rings is 1. The SMILES string of the molecule is CCCCNC(=O)C1CCN(S(=O)(=O)c2ccc(C)c3ncccc23)CC1. The second-order valence-electron chi connectivity index (χ2n) is 7.10. The van der Waals surface area contributed by atoms with Gasteiger partial charge in [-0.2, -0.15) is 4.31 Å². The van der Waals surface area contributed by atoms with Crippen molar-refractivity contribution in [2.45, 2.75) is 44.4 Å². The Bertz CT molecular complexity index is 919. The molecule has 1 fully saturated rings. The number of aryl methyl sites for hydroxylation is 1. The van der Waals surface area contributed by atoms with E-state index in [9.17, 15) is 13.2 Å². The minimum Gasteiger partial charge on any atom is -0.356 e. The van der Waals surface area contributed by atoms with E-state index in [1.807, 2.05) is 6.92 Å². The minimum atomic E-state index is -3.61. The molecule has 2 aromatic rings. The van der Waals surface area contributed by atoms with Crippen LogP contribution in [-0.4, -0.2) is 43.2 Å². The second-order valence-corrected chi connectivity index (χ2v) is 9.01. The molecule has 0 saturated carbocycles. The number of nitrogens with one attached hydrogen (secondary N) is 1. The van der Waals surface area contributed by atoms with Crippen LogP contribution in [0.5, 0.6) is 0 Å². The molecule has 1 N–H and O–H groups in total. The van der Waals surface area contributed by atoms with Crippen LogP contribution in [0.2, 0.25) is 0 Å². The van der Waals surface area contributed by atoms with E-state index < -0.39 is 10.0 Å². The number of amides is 1. The topological polar surface area (TPSA) is 79.4 Å². The number of nitrogens with zero attached hydrogens (tertiary/aromatic N) is 2. The van der Waals surface area contributed by atoms with Crippen LogP contribution in [0.3, 0.4) is 0 Å². The molecule has 1 amide bonds. The summed E-state index contributed by atoms with van der Waals surface area (Å²) in [4.78, 5) is 16.9. The molecule has 1 saturated heterocycles. The number of rotatable bonds is 6. The van der Waals surface area contributed by atoms with Crippen LogP contribution >= 0.6 is 0 Å². The molecule has 0 radical (unpaired) electrons. The number of fused-ring (bicyclic) bond motifs is 1. The normalized spacial score (nSPS) is 16.5. The molecule has 3 rings (SSSR count). The fourth-order valence-electron chi connectivity index (χ4n) is 3.54. The molecule has 6 nitrogen and oxygen atoms in total. The van der Waals surface area contributed by atoms with Gasteiger partial charge in [0.05, 0.1) is 10.4 Å². The lowest BCUT2D eigenvalue weighted by molar-refractivity contribution is -0.126. The van der Waals surface area contributed by atoms with Crippen molar-refractivity contribution >= 4 is 26.8 Å². The van der Waals surface area contributed by atoms with Gasteiger partial charge in [-0.15, -0.1) is 0 Å². The number of carbonyl (C=O) groups excluding carboxylic acids is 1. The molecule has 0 aliphatic carbocycles. The Balaban J connectivity index is 1.75. The van der Waals surface area contributed by atoms with E-state index in [0.717, 1.165) is 18.4 Å². The monoisotopic (exact) mass is 389 g/mol. The first kappa shape index (κ1) is 19.8. The lowest BCUT2D eigenvalue weighted by Gasteiger charge is -2.31. The third-order valence-electron chi connectivity index (χ3n) is 5.20. The third-order valence-corrected chi connectivity index (χ3v) is 7.16. The number of unbranched alkanes of at least 4 members (excludes halogenated alkanes) is 1. The lowest BCUT2D eigenvalue weighted by atomic mass is 9.97. The van der Waals surface area contributed by atoms with Crippen molar-refractivity contribution in [3.63, 3.8) is 0 Å². The predicted octanol–water partition coefficient (Wildman–Crippen LogP) is 2.86. The molecule has 1 aromatic carbocycles. The van der Waals surface area contributed by atoms with Gasteiger partial charge in [-0.3, -0.25) is 9.78 Å². The summed E-state index contributed by atoms with van der Waals surface area (Å²) in [5.41, 5.74) is 1.66. The summed E-state index contributed by atoms with van der Waals surface area (Å²) in [5, 5.41) is 3.60. The van der Waals surface area contributed by atoms with Gasteiger partial charge in [-0.25, -0.2) is 8.42 Å². The molecule has 27 heavy (non-hydrogen) atoms. The van der Waals surface area contributed by atoms with E-state index in [1.165, 1.54) is 4.31 Å². The number of pyridine rings is 1. The smallest absolute Gasteiger partial charge is 0.243 e. The van der Waals surface area contributed by atoms with Gasteiger partial charge in [-0.1, -0.05) is 19.4 Å². The van der Waals surface area contributed by atoms with E-state index in [-0.39, 0.29) is 11.8 Å². The summed E-state index contributed by atoms with van der Waals surface area (Å²) in [6.07, 6.45) is 4.79. The van der Waals surface area contributed by atoms with Gasteiger partial charge in [0.1, 0.15) is 0 Å². The summed E-state index contributed by atoms with van der Waals surface area (Å²) < 4.78 is 27.9. The highest BCUT2D eigenvalue weighted by atomic mass is 32.2. The largest absolute Gasteiger partial charge is 0.356 e. The molecule has 0 spiro atoms. The fraction of sp³-hybridized carbons (Fsp3) is 0.500. The van der Waals surface area contributed by atoms with Crippen molar-refractivity contribution in [1.29, 1.82) is 0 Å². The molecule has 7 heteroatoms.